The average molecular weight is 490 g/mol. The SMILES string of the molecule is O=C(NC(CC(=O)N1CCCCC1C(=O)O)C(F)(F)F)OCC1c2ccccc2-c2ccccc21. The molecule has 1 saturated heterocycles. The van der Waals surface area contributed by atoms with Gasteiger partial charge in [-0.2, -0.15) is 13.2 Å². The summed E-state index contributed by atoms with van der Waals surface area (Å²) in [6.07, 6.45) is -6.06. The standard InChI is InChI=1S/C25H25F3N2O5/c26-25(27,28)21(13-22(31)30-12-6-5-11-20(30)23(32)33)29-24(34)35-14-19-17-9-3-1-7-15(17)16-8-2-4-10-18(16)19/h1-4,7-10,19-21H,5-6,11-14H2,(H,29,34)(H,32,33). The Hall–Kier alpha value is -3.56. The number of alkyl halides is 3. The molecule has 0 spiro atoms. The smallest absolute Gasteiger partial charge is 0.409 e. The van der Waals surface area contributed by atoms with Crippen LogP contribution in [0.1, 0.15) is 42.7 Å². The zero-order valence-corrected chi connectivity index (χ0v) is 18.8. The van der Waals surface area contributed by atoms with Crippen LogP contribution in [0.5, 0.6) is 0 Å². The van der Waals surface area contributed by atoms with Crippen LogP contribution >= 0.6 is 0 Å². The molecule has 10 heteroatoms. The molecule has 1 heterocycles. The van der Waals surface area contributed by atoms with E-state index in [1.807, 2.05) is 48.5 Å². The molecule has 2 atom stereocenters. The van der Waals surface area contributed by atoms with Gasteiger partial charge < -0.3 is 20.1 Å². The van der Waals surface area contributed by atoms with Crippen LogP contribution in [0.3, 0.4) is 0 Å². The number of ether oxygens (including phenoxy) is 1. The van der Waals surface area contributed by atoms with E-state index in [0.717, 1.165) is 27.2 Å². The number of carbonyl (C=O) groups excluding carboxylic acids is 2. The van der Waals surface area contributed by atoms with E-state index < -0.39 is 42.7 Å². The van der Waals surface area contributed by atoms with E-state index in [2.05, 4.69) is 0 Å². The summed E-state index contributed by atoms with van der Waals surface area (Å²) in [5, 5.41) is 11.1. The Morgan fingerprint density at radius 1 is 1.03 bits per heavy atom. The van der Waals surface area contributed by atoms with Crippen LogP contribution in [0, 0.1) is 0 Å². The third-order valence-electron chi connectivity index (χ3n) is 6.52. The quantitative estimate of drug-likeness (QED) is 0.629. The average Bonchev–Trinajstić information content (AvgIpc) is 3.15. The number of piperidine rings is 1. The van der Waals surface area contributed by atoms with Crippen molar-refractivity contribution < 1.29 is 37.4 Å². The predicted molar refractivity (Wildman–Crippen MR) is 120 cm³/mol. The third-order valence-corrected chi connectivity index (χ3v) is 6.52. The fourth-order valence-electron chi connectivity index (χ4n) is 4.81. The highest BCUT2D eigenvalue weighted by Gasteiger charge is 2.44. The molecule has 1 aliphatic heterocycles. The molecule has 2 amide bonds. The van der Waals surface area contributed by atoms with Crippen LogP contribution in [0.2, 0.25) is 0 Å². The van der Waals surface area contributed by atoms with Gasteiger partial charge in [-0.3, -0.25) is 4.79 Å². The Labute approximate surface area is 199 Å². The van der Waals surface area contributed by atoms with E-state index in [1.165, 1.54) is 0 Å². The molecule has 1 aliphatic carbocycles. The van der Waals surface area contributed by atoms with Crippen molar-refractivity contribution in [1.29, 1.82) is 0 Å². The molecule has 2 aliphatic rings. The minimum Gasteiger partial charge on any atom is -0.480 e. The lowest BCUT2D eigenvalue weighted by molar-refractivity contribution is -0.166. The second kappa shape index (κ2) is 9.97. The normalized spacial score (nSPS) is 18.4. The number of aliphatic carboxylic acids is 1. The second-order valence-corrected chi connectivity index (χ2v) is 8.71. The minimum atomic E-state index is -4.92. The Morgan fingerprint density at radius 2 is 1.63 bits per heavy atom. The monoisotopic (exact) mass is 490 g/mol. The summed E-state index contributed by atoms with van der Waals surface area (Å²) < 4.78 is 46.1. The minimum absolute atomic E-state index is 0.0608. The number of carboxylic acid groups (broad SMARTS) is 1. The van der Waals surface area contributed by atoms with Crippen molar-refractivity contribution in [2.24, 2.45) is 0 Å². The van der Waals surface area contributed by atoms with Gasteiger partial charge in [-0.05, 0) is 41.5 Å². The number of rotatable bonds is 6. The number of benzene rings is 2. The van der Waals surface area contributed by atoms with E-state index in [1.54, 1.807) is 5.32 Å². The Kier molecular flexibility index (Phi) is 7.00. The van der Waals surface area contributed by atoms with Crippen LogP contribution < -0.4 is 5.32 Å². The van der Waals surface area contributed by atoms with E-state index in [4.69, 9.17) is 4.74 Å². The van der Waals surface area contributed by atoms with Crippen LogP contribution in [-0.2, 0) is 14.3 Å². The molecule has 186 valence electrons. The Balaban J connectivity index is 1.42. The van der Waals surface area contributed by atoms with Crippen LogP contribution in [0.4, 0.5) is 18.0 Å². The number of hydrogen-bond acceptors (Lipinski definition) is 4. The van der Waals surface area contributed by atoms with Gasteiger partial charge in [0.25, 0.3) is 0 Å². The second-order valence-electron chi connectivity index (χ2n) is 8.71. The van der Waals surface area contributed by atoms with Gasteiger partial charge >= 0.3 is 18.2 Å². The van der Waals surface area contributed by atoms with Gasteiger partial charge in [0, 0.05) is 12.5 Å². The van der Waals surface area contributed by atoms with Crippen molar-refractivity contribution in [2.75, 3.05) is 13.2 Å². The third kappa shape index (κ3) is 5.26. The van der Waals surface area contributed by atoms with Crippen LogP contribution in [0.25, 0.3) is 11.1 Å². The highest BCUT2D eigenvalue weighted by atomic mass is 19.4. The van der Waals surface area contributed by atoms with Gasteiger partial charge in [0.1, 0.15) is 18.7 Å². The van der Waals surface area contributed by atoms with E-state index in [9.17, 15) is 32.7 Å². The number of halogens is 3. The summed E-state index contributed by atoms with van der Waals surface area (Å²) >= 11 is 0. The molecule has 0 aromatic heterocycles. The van der Waals surface area contributed by atoms with Gasteiger partial charge in [0.15, 0.2) is 0 Å². The number of alkyl carbamates (subject to hydrolysis) is 1. The Bertz CT molecular complexity index is 1070. The molecule has 2 N–H and O–H groups in total. The van der Waals surface area contributed by atoms with E-state index >= 15 is 0 Å². The number of carbonyl (C=O) groups is 3. The number of fused-ring (bicyclic) bond motifs is 3. The van der Waals surface area contributed by atoms with Crippen molar-refractivity contribution in [3.05, 3.63) is 59.7 Å². The summed E-state index contributed by atoms with van der Waals surface area (Å²) in [5.41, 5.74) is 3.78. The van der Waals surface area contributed by atoms with Gasteiger partial charge in [-0.15, -0.1) is 0 Å². The number of hydrogen-bond donors (Lipinski definition) is 2. The summed E-state index contributed by atoms with van der Waals surface area (Å²) in [6, 6.07) is 11.4. The summed E-state index contributed by atoms with van der Waals surface area (Å²) in [5.74, 6) is -2.56. The van der Waals surface area contributed by atoms with Crippen LogP contribution in [0.15, 0.2) is 48.5 Å². The molecule has 1 fully saturated rings. The molecule has 4 rings (SSSR count). The van der Waals surface area contributed by atoms with Crippen molar-refractivity contribution in [3.63, 3.8) is 0 Å². The lowest BCUT2D eigenvalue weighted by Crippen LogP contribution is -2.53. The first kappa shape index (κ1) is 24.6. The molecule has 0 radical (unpaired) electrons. The number of nitrogens with one attached hydrogen (secondary N) is 1. The molecule has 2 aromatic carbocycles. The van der Waals surface area contributed by atoms with E-state index in [-0.39, 0.29) is 25.5 Å². The summed E-state index contributed by atoms with van der Waals surface area (Å²) in [6.45, 7) is -0.114. The Morgan fingerprint density at radius 3 is 2.20 bits per heavy atom. The van der Waals surface area contributed by atoms with Crippen molar-refractivity contribution in [3.8, 4) is 11.1 Å². The predicted octanol–water partition coefficient (Wildman–Crippen LogP) is 4.31. The zero-order valence-electron chi connectivity index (χ0n) is 18.8. The van der Waals surface area contributed by atoms with Crippen LogP contribution in [-0.4, -0.2) is 59.4 Å². The zero-order chi connectivity index (χ0) is 25.2. The van der Waals surface area contributed by atoms with Crippen molar-refractivity contribution in [2.45, 2.75) is 49.9 Å². The maximum atomic E-state index is 13.6. The van der Waals surface area contributed by atoms with Gasteiger partial charge in [0.05, 0.1) is 6.42 Å². The first-order valence-electron chi connectivity index (χ1n) is 11.4. The van der Waals surface area contributed by atoms with Gasteiger partial charge in [-0.1, -0.05) is 48.5 Å². The number of likely N-dealkylation sites (tertiary alicyclic amines) is 1. The molecule has 0 bridgehead atoms. The van der Waals surface area contributed by atoms with Crippen molar-refractivity contribution >= 4 is 18.0 Å². The maximum absolute atomic E-state index is 13.6. The molecule has 35 heavy (non-hydrogen) atoms. The van der Waals surface area contributed by atoms with Gasteiger partial charge in [0.2, 0.25) is 5.91 Å². The topological polar surface area (TPSA) is 95.9 Å². The number of nitrogens with zero attached hydrogens (tertiary/aromatic N) is 1. The fraction of sp³-hybridized carbons (Fsp3) is 0.400. The number of amides is 2. The highest BCUT2D eigenvalue weighted by Crippen LogP contribution is 2.44. The molecule has 7 nitrogen and oxygen atoms in total. The maximum Gasteiger partial charge on any atom is 0.409 e. The summed E-state index contributed by atoms with van der Waals surface area (Å²) in [4.78, 5) is 37.3. The first-order chi connectivity index (χ1) is 16.7. The molecule has 2 aromatic rings. The molecular weight excluding hydrogens is 465 g/mol. The first-order valence-corrected chi connectivity index (χ1v) is 11.4. The molecule has 0 saturated carbocycles. The largest absolute Gasteiger partial charge is 0.480 e. The lowest BCUT2D eigenvalue weighted by atomic mass is 9.98. The van der Waals surface area contributed by atoms with Gasteiger partial charge in [-0.25, -0.2) is 9.59 Å². The highest BCUT2D eigenvalue weighted by molar-refractivity contribution is 5.84. The molecule has 2 unspecified atom stereocenters. The van der Waals surface area contributed by atoms with Crippen molar-refractivity contribution in [1.82, 2.24) is 10.2 Å². The lowest BCUT2D eigenvalue weighted by Gasteiger charge is -2.34. The fourth-order valence-corrected chi connectivity index (χ4v) is 4.81. The molecular formula is C25H25F3N2O5. The van der Waals surface area contributed by atoms with E-state index in [0.29, 0.717) is 12.8 Å². The summed E-state index contributed by atoms with van der Waals surface area (Å²) in [7, 11) is 0. The number of carboxylic acids is 1.